The molecule has 1 aliphatic rings. The Balaban J connectivity index is 1.59. The maximum Gasteiger partial charge on any atom is 0.269 e. The number of hydrogen-bond acceptors (Lipinski definition) is 6. The Kier molecular flexibility index (Phi) is 7.34. The minimum absolute atomic E-state index is 0.0302. The van der Waals surface area contributed by atoms with Crippen molar-refractivity contribution >= 4 is 63.0 Å². The predicted octanol–water partition coefficient (Wildman–Crippen LogP) is 2.83. The fraction of sp³-hybridized carbons (Fsp3) is 0.321. The molecule has 8 heteroatoms. The molecule has 0 unspecified atom stereocenters. The first-order valence-electron chi connectivity index (χ1n) is 12.6. The third-order valence-corrected chi connectivity index (χ3v) is 8.34. The maximum atomic E-state index is 13.3. The van der Waals surface area contributed by atoms with Crippen LogP contribution in [0.2, 0.25) is 0 Å². The van der Waals surface area contributed by atoms with E-state index in [2.05, 4.69) is 65.6 Å². The van der Waals surface area contributed by atoms with Crippen LogP contribution >= 0.6 is 22.7 Å². The normalized spacial score (nSPS) is 14.8. The zero-order valence-corrected chi connectivity index (χ0v) is 22.6. The fourth-order valence-corrected chi connectivity index (χ4v) is 6.62. The van der Waals surface area contributed by atoms with Gasteiger partial charge in [0.05, 0.1) is 10.6 Å². The number of anilines is 1. The molecule has 3 aromatic heterocycles. The van der Waals surface area contributed by atoms with E-state index >= 15 is 0 Å². The van der Waals surface area contributed by atoms with Crippen molar-refractivity contribution < 1.29 is 8.98 Å². The molecular formula is C28H31N4O2S2+. The molecule has 36 heavy (non-hydrogen) atoms. The van der Waals surface area contributed by atoms with E-state index in [1.54, 1.807) is 11.3 Å². The molecule has 0 spiro atoms. The standard InChI is InChI=1S/C28H31N4O2S2/c1-4-7-17-30-18-10-12-21-27(30)29-24(34-21)15-14-23-28(33)32(16-5-2)26(36-23)19-25-31(6-3)20-11-8-9-13-22(20)35-25/h8-15,18-19H,4-7,16-17H2,1-3H3/q+1/b23-14-,24-15+. The molecule has 0 N–H and O–H groups in total. The Labute approximate surface area is 217 Å². The third kappa shape index (κ3) is 4.75. The molecule has 4 aromatic rings. The highest BCUT2D eigenvalue weighted by Gasteiger charge is 2.17. The summed E-state index contributed by atoms with van der Waals surface area (Å²) in [7, 11) is 0. The molecule has 4 heterocycles. The van der Waals surface area contributed by atoms with E-state index in [1.165, 1.54) is 21.6 Å². The summed E-state index contributed by atoms with van der Waals surface area (Å²) >= 11 is 3.28. The van der Waals surface area contributed by atoms with E-state index < -0.39 is 0 Å². The Morgan fingerprint density at radius 2 is 1.94 bits per heavy atom. The molecule has 0 atom stereocenters. The summed E-state index contributed by atoms with van der Waals surface area (Å²) in [5, 5.41) is 1.15. The first-order chi connectivity index (χ1) is 17.6. The van der Waals surface area contributed by atoms with E-state index in [9.17, 15) is 4.79 Å². The van der Waals surface area contributed by atoms with Crippen LogP contribution in [0.25, 0.3) is 34.5 Å². The minimum Gasteiger partial charge on any atom is -0.435 e. The van der Waals surface area contributed by atoms with E-state index in [0.29, 0.717) is 16.6 Å². The number of hydrogen-bond donors (Lipinski definition) is 0. The number of fused-ring (bicyclic) bond motifs is 2. The van der Waals surface area contributed by atoms with E-state index in [-0.39, 0.29) is 5.56 Å². The molecule has 0 saturated heterocycles. The smallest absolute Gasteiger partial charge is 0.269 e. The van der Waals surface area contributed by atoms with Crippen LogP contribution in [0.3, 0.4) is 0 Å². The van der Waals surface area contributed by atoms with Crippen molar-refractivity contribution in [3.8, 4) is 0 Å². The van der Waals surface area contributed by atoms with Crippen LogP contribution in [0.1, 0.15) is 45.0 Å². The van der Waals surface area contributed by atoms with Gasteiger partial charge in [-0.15, -0.1) is 11.3 Å². The van der Waals surface area contributed by atoms with Gasteiger partial charge >= 0.3 is 0 Å². The number of rotatable bonds is 8. The van der Waals surface area contributed by atoms with Crippen molar-refractivity contribution in [3.63, 3.8) is 0 Å². The SMILES string of the molecule is CCCCN1C=CC=c2o/c(=C/C=c3\s/c(=C\c4sc5ccccc5[n+]4CC)n(CCC)c3=O)nc21. The van der Waals surface area contributed by atoms with Gasteiger partial charge in [-0.1, -0.05) is 43.7 Å². The van der Waals surface area contributed by atoms with E-state index in [1.807, 2.05) is 35.1 Å². The summed E-state index contributed by atoms with van der Waals surface area (Å²) in [5.74, 6) is 0.836. The molecule has 1 aromatic carbocycles. The second kappa shape index (κ2) is 10.8. The van der Waals surface area contributed by atoms with Crippen molar-refractivity contribution in [2.24, 2.45) is 0 Å². The number of aryl methyl sites for hydroxylation is 1. The molecular weight excluding hydrogens is 488 g/mol. The van der Waals surface area contributed by atoms with Crippen LogP contribution in [0, 0.1) is 0 Å². The van der Waals surface area contributed by atoms with Crippen molar-refractivity contribution in [2.45, 2.75) is 53.1 Å². The lowest BCUT2D eigenvalue weighted by atomic mass is 10.3. The number of allylic oxidation sites excluding steroid dienone is 1. The lowest BCUT2D eigenvalue weighted by Gasteiger charge is -2.18. The highest BCUT2D eigenvalue weighted by molar-refractivity contribution is 7.19. The van der Waals surface area contributed by atoms with E-state index in [4.69, 9.17) is 4.42 Å². The molecule has 5 rings (SSSR count). The lowest BCUT2D eigenvalue weighted by Crippen LogP contribution is -2.35. The quantitative estimate of drug-likeness (QED) is 0.336. The van der Waals surface area contributed by atoms with Crippen molar-refractivity contribution in [1.82, 2.24) is 9.55 Å². The molecule has 0 aliphatic carbocycles. The van der Waals surface area contributed by atoms with Crippen LogP contribution in [0.4, 0.5) is 5.82 Å². The molecule has 0 fully saturated rings. The number of benzene rings is 1. The molecule has 6 nitrogen and oxygen atoms in total. The van der Waals surface area contributed by atoms with Crippen molar-refractivity contribution in [1.29, 1.82) is 0 Å². The Bertz CT molecular complexity index is 1720. The van der Waals surface area contributed by atoms with Gasteiger partial charge in [0.15, 0.2) is 11.2 Å². The Morgan fingerprint density at radius 3 is 2.75 bits per heavy atom. The average Bonchev–Trinajstić information content (AvgIpc) is 3.55. The molecule has 0 saturated carbocycles. The average molecular weight is 520 g/mol. The fourth-order valence-electron chi connectivity index (χ4n) is 4.37. The highest BCUT2D eigenvalue weighted by Crippen LogP contribution is 2.20. The Morgan fingerprint density at radius 1 is 1.08 bits per heavy atom. The second-order valence-corrected chi connectivity index (χ2v) is 10.8. The number of para-hydroxylation sites is 1. The molecule has 1 aliphatic heterocycles. The molecule has 0 radical (unpaired) electrons. The predicted molar refractivity (Wildman–Crippen MR) is 150 cm³/mol. The number of aromatic nitrogens is 3. The summed E-state index contributed by atoms with van der Waals surface area (Å²) < 4.78 is 13.1. The van der Waals surface area contributed by atoms with Gasteiger partial charge in [-0.2, -0.15) is 9.55 Å². The van der Waals surface area contributed by atoms with Gasteiger partial charge in [0.25, 0.3) is 10.6 Å². The first kappa shape index (κ1) is 24.5. The van der Waals surface area contributed by atoms with Gasteiger partial charge in [0, 0.05) is 31.4 Å². The lowest BCUT2D eigenvalue weighted by molar-refractivity contribution is -0.665. The van der Waals surface area contributed by atoms with Gasteiger partial charge in [0.1, 0.15) is 15.9 Å². The van der Waals surface area contributed by atoms with Gasteiger partial charge in [-0.25, -0.2) is 0 Å². The van der Waals surface area contributed by atoms with Gasteiger partial charge in [-0.3, -0.25) is 9.36 Å². The number of oxazole rings is 1. The summed E-state index contributed by atoms with van der Waals surface area (Å²) in [4.78, 5) is 20.1. The summed E-state index contributed by atoms with van der Waals surface area (Å²) in [5.41, 5.74) is 2.52. The third-order valence-electron chi connectivity index (χ3n) is 6.15. The molecule has 0 bridgehead atoms. The molecule has 186 valence electrons. The minimum atomic E-state index is 0.0302. The van der Waals surface area contributed by atoms with Crippen LogP contribution in [0.5, 0.6) is 0 Å². The zero-order valence-electron chi connectivity index (χ0n) is 20.9. The molecule has 0 amide bonds. The van der Waals surface area contributed by atoms with Gasteiger partial charge in [0.2, 0.25) is 11.1 Å². The highest BCUT2D eigenvalue weighted by atomic mass is 32.1. The number of thiazole rings is 2. The summed E-state index contributed by atoms with van der Waals surface area (Å²) in [6.45, 7) is 8.91. The maximum absolute atomic E-state index is 13.3. The van der Waals surface area contributed by atoms with Gasteiger partial charge in [-0.05, 0) is 44.1 Å². The van der Waals surface area contributed by atoms with Crippen LogP contribution in [0.15, 0.2) is 45.8 Å². The zero-order chi connectivity index (χ0) is 25.1. The van der Waals surface area contributed by atoms with Crippen LogP contribution < -0.4 is 35.2 Å². The van der Waals surface area contributed by atoms with Crippen LogP contribution in [-0.4, -0.2) is 16.1 Å². The van der Waals surface area contributed by atoms with Crippen LogP contribution in [-0.2, 0) is 13.1 Å². The topological polar surface area (TPSA) is 55.2 Å². The largest absolute Gasteiger partial charge is 0.435 e. The van der Waals surface area contributed by atoms with Gasteiger partial charge < -0.3 is 9.32 Å². The number of unbranched alkanes of at least 4 members (excludes halogenated alkanes) is 1. The summed E-state index contributed by atoms with van der Waals surface area (Å²) in [6, 6.07) is 8.45. The Hall–Kier alpha value is -3.23. The van der Waals surface area contributed by atoms with Crippen molar-refractivity contribution in [3.05, 3.63) is 72.1 Å². The van der Waals surface area contributed by atoms with E-state index in [0.717, 1.165) is 53.3 Å². The summed E-state index contributed by atoms with van der Waals surface area (Å²) in [6.07, 6.45) is 14.9. The number of nitrogens with zero attached hydrogens (tertiary/aromatic N) is 4. The first-order valence-corrected chi connectivity index (χ1v) is 14.2. The van der Waals surface area contributed by atoms with Crippen molar-refractivity contribution in [2.75, 3.05) is 11.4 Å². The second-order valence-electron chi connectivity index (χ2n) is 8.69. The monoisotopic (exact) mass is 519 g/mol.